The van der Waals surface area contributed by atoms with Crippen molar-refractivity contribution in [3.8, 4) is 16.3 Å². The number of nitrogens with one attached hydrogen (secondary N) is 1. The highest BCUT2D eigenvalue weighted by Gasteiger charge is 2.23. The molecule has 0 saturated carbocycles. The molecular weight excluding hydrogens is 430 g/mol. The molecule has 33 heavy (non-hydrogen) atoms. The zero-order chi connectivity index (χ0) is 23.8. The van der Waals surface area contributed by atoms with Gasteiger partial charge < -0.3 is 10.1 Å². The Morgan fingerprint density at radius 3 is 2.58 bits per heavy atom. The van der Waals surface area contributed by atoms with Crippen LogP contribution in [0.4, 0.5) is 5.69 Å². The first-order chi connectivity index (χ1) is 15.6. The SMILES string of the molecule is Cc1ccc(OC(C)C(=O)Nc2ccc(-c3nc4cccnc4s3)cc2C)c(C(C)(C)C)c1. The Kier molecular flexibility index (Phi) is 6.21. The van der Waals surface area contributed by atoms with Gasteiger partial charge in [0.25, 0.3) is 5.91 Å². The van der Waals surface area contributed by atoms with E-state index in [1.165, 1.54) is 5.56 Å². The van der Waals surface area contributed by atoms with Gasteiger partial charge in [-0.25, -0.2) is 9.97 Å². The Morgan fingerprint density at radius 1 is 1.09 bits per heavy atom. The lowest BCUT2D eigenvalue weighted by Gasteiger charge is -2.25. The maximum absolute atomic E-state index is 12.9. The minimum absolute atomic E-state index is 0.0832. The molecule has 0 bridgehead atoms. The summed E-state index contributed by atoms with van der Waals surface area (Å²) in [6, 6.07) is 15.9. The van der Waals surface area contributed by atoms with E-state index in [9.17, 15) is 4.79 Å². The van der Waals surface area contributed by atoms with E-state index in [0.29, 0.717) is 0 Å². The summed E-state index contributed by atoms with van der Waals surface area (Å²) in [5.74, 6) is 0.558. The Labute approximate surface area is 198 Å². The van der Waals surface area contributed by atoms with E-state index < -0.39 is 6.10 Å². The van der Waals surface area contributed by atoms with Crippen LogP contribution in [0.2, 0.25) is 0 Å². The summed E-state index contributed by atoms with van der Waals surface area (Å²) in [7, 11) is 0. The highest BCUT2D eigenvalue weighted by molar-refractivity contribution is 7.21. The molecule has 4 rings (SSSR count). The zero-order valence-corrected chi connectivity index (χ0v) is 20.7. The van der Waals surface area contributed by atoms with Crippen LogP contribution in [-0.2, 0) is 10.2 Å². The summed E-state index contributed by atoms with van der Waals surface area (Å²) < 4.78 is 6.10. The lowest BCUT2D eigenvalue weighted by molar-refractivity contribution is -0.122. The van der Waals surface area contributed by atoms with Crippen molar-refractivity contribution in [2.45, 2.75) is 53.1 Å². The normalized spacial score (nSPS) is 12.5. The van der Waals surface area contributed by atoms with Gasteiger partial charge in [0.05, 0.1) is 0 Å². The number of aromatic nitrogens is 2. The Bertz CT molecular complexity index is 1290. The molecule has 170 valence electrons. The summed E-state index contributed by atoms with van der Waals surface area (Å²) in [6.07, 6.45) is 1.14. The molecule has 1 amide bonds. The van der Waals surface area contributed by atoms with Crippen LogP contribution < -0.4 is 10.1 Å². The molecule has 0 aliphatic rings. The van der Waals surface area contributed by atoms with Gasteiger partial charge in [-0.05, 0) is 73.7 Å². The van der Waals surface area contributed by atoms with Crippen molar-refractivity contribution < 1.29 is 9.53 Å². The van der Waals surface area contributed by atoms with Crippen LogP contribution in [0.1, 0.15) is 44.4 Å². The van der Waals surface area contributed by atoms with Crippen LogP contribution in [0.15, 0.2) is 54.7 Å². The maximum atomic E-state index is 12.9. The number of benzene rings is 2. The number of ether oxygens (including phenoxy) is 1. The molecule has 0 fully saturated rings. The highest BCUT2D eigenvalue weighted by atomic mass is 32.1. The van der Waals surface area contributed by atoms with E-state index in [1.807, 2.05) is 49.4 Å². The van der Waals surface area contributed by atoms with Gasteiger partial charge in [-0.15, -0.1) is 0 Å². The van der Waals surface area contributed by atoms with Crippen LogP contribution in [0.3, 0.4) is 0 Å². The molecule has 2 aromatic heterocycles. The number of hydrogen-bond donors (Lipinski definition) is 1. The van der Waals surface area contributed by atoms with Gasteiger partial charge in [0.15, 0.2) is 6.10 Å². The molecule has 2 heterocycles. The Balaban J connectivity index is 1.49. The molecule has 0 spiro atoms. The summed E-state index contributed by atoms with van der Waals surface area (Å²) in [6.45, 7) is 12.3. The smallest absolute Gasteiger partial charge is 0.265 e. The van der Waals surface area contributed by atoms with E-state index in [-0.39, 0.29) is 11.3 Å². The number of fused-ring (bicyclic) bond motifs is 1. The minimum atomic E-state index is -0.636. The number of anilines is 1. The second kappa shape index (κ2) is 8.94. The second-order valence-electron chi connectivity index (χ2n) is 9.38. The Hall–Kier alpha value is -3.25. The van der Waals surface area contributed by atoms with Crippen LogP contribution in [0.5, 0.6) is 5.75 Å². The van der Waals surface area contributed by atoms with Gasteiger partial charge in [-0.3, -0.25) is 4.79 Å². The fraction of sp³-hybridized carbons (Fsp3) is 0.296. The van der Waals surface area contributed by atoms with Crippen LogP contribution in [-0.4, -0.2) is 22.0 Å². The van der Waals surface area contributed by atoms with Crippen molar-refractivity contribution in [1.82, 2.24) is 9.97 Å². The van der Waals surface area contributed by atoms with E-state index >= 15 is 0 Å². The number of pyridine rings is 1. The fourth-order valence-corrected chi connectivity index (χ4v) is 4.55. The lowest BCUT2D eigenvalue weighted by Crippen LogP contribution is -2.31. The molecule has 0 radical (unpaired) electrons. The highest BCUT2D eigenvalue weighted by Crippen LogP contribution is 2.33. The molecule has 5 nitrogen and oxygen atoms in total. The molecular formula is C27H29N3O2S. The average molecular weight is 460 g/mol. The van der Waals surface area contributed by atoms with Gasteiger partial charge in [-0.1, -0.05) is 49.8 Å². The van der Waals surface area contributed by atoms with Crippen molar-refractivity contribution in [1.29, 1.82) is 0 Å². The van der Waals surface area contributed by atoms with Crippen molar-refractivity contribution in [3.05, 3.63) is 71.4 Å². The van der Waals surface area contributed by atoms with Crippen molar-refractivity contribution in [2.75, 3.05) is 5.32 Å². The standard InChI is InChI=1S/C27H29N3O2S/c1-16-9-12-23(20(14-16)27(4,5)6)32-18(3)24(31)29-21-11-10-19(15-17(21)2)25-30-22-8-7-13-28-26(22)33-25/h7-15,18H,1-6H3,(H,29,31). The van der Waals surface area contributed by atoms with Crippen LogP contribution in [0, 0.1) is 13.8 Å². The number of rotatable bonds is 5. The molecule has 1 unspecified atom stereocenters. The first-order valence-electron chi connectivity index (χ1n) is 11.0. The molecule has 1 atom stereocenters. The molecule has 6 heteroatoms. The number of carbonyl (C=O) groups excluding carboxylic acids is 1. The molecule has 0 saturated heterocycles. The van der Waals surface area contributed by atoms with E-state index in [0.717, 1.165) is 43.5 Å². The van der Waals surface area contributed by atoms with Gasteiger partial charge in [0, 0.05) is 17.4 Å². The van der Waals surface area contributed by atoms with Gasteiger partial charge in [0.2, 0.25) is 0 Å². The topological polar surface area (TPSA) is 64.1 Å². The van der Waals surface area contributed by atoms with Crippen LogP contribution in [0.25, 0.3) is 20.9 Å². The van der Waals surface area contributed by atoms with Gasteiger partial charge in [0.1, 0.15) is 21.1 Å². The summed E-state index contributed by atoms with van der Waals surface area (Å²) in [4.78, 5) is 22.9. The number of thiazole rings is 1. The van der Waals surface area contributed by atoms with E-state index in [2.05, 4.69) is 49.0 Å². The summed E-state index contributed by atoms with van der Waals surface area (Å²) in [5.41, 5.74) is 5.80. The summed E-state index contributed by atoms with van der Waals surface area (Å²) in [5, 5.41) is 3.92. The minimum Gasteiger partial charge on any atom is -0.481 e. The number of amides is 1. The van der Waals surface area contributed by atoms with Crippen molar-refractivity contribution >= 4 is 33.3 Å². The largest absolute Gasteiger partial charge is 0.481 e. The summed E-state index contributed by atoms with van der Waals surface area (Å²) >= 11 is 1.56. The zero-order valence-electron chi connectivity index (χ0n) is 19.9. The third-order valence-electron chi connectivity index (χ3n) is 5.51. The van der Waals surface area contributed by atoms with E-state index in [4.69, 9.17) is 4.74 Å². The van der Waals surface area contributed by atoms with Gasteiger partial charge in [-0.2, -0.15) is 0 Å². The maximum Gasteiger partial charge on any atom is 0.265 e. The molecule has 0 aliphatic carbocycles. The van der Waals surface area contributed by atoms with Crippen molar-refractivity contribution in [2.24, 2.45) is 0 Å². The molecule has 1 N–H and O–H groups in total. The van der Waals surface area contributed by atoms with Gasteiger partial charge >= 0.3 is 0 Å². The molecule has 2 aromatic carbocycles. The number of carbonyl (C=O) groups is 1. The average Bonchev–Trinajstić information content (AvgIpc) is 3.20. The van der Waals surface area contributed by atoms with E-state index in [1.54, 1.807) is 24.5 Å². The monoisotopic (exact) mass is 459 g/mol. The third-order valence-corrected chi connectivity index (χ3v) is 6.54. The number of nitrogens with zero attached hydrogens (tertiary/aromatic N) is 2. The first kappa shape index (κ1) is 22.9. The number of hydrogen-bond acceptors (Lipinski definition) is 5. The van der Waals surface area contributed by atoms with Crippen molar-refractivity contribution in [3.63, 3.8) is 0 Å². The molecule has 0 aliphatic heterocycles. The Morgan fingerprint density at radius 2 is 1.88 bits per heavy atom. The quantitative estimate of drug-likeness (QED) is 0.362. The second-order valence-corrected chi connectivity index (χ2v) is 10.4. The molecule has 4 aromatic rings. The first-order valence-corrected chi connectivity index (χ1v) is 11.8. The predicted octanol–water partition coefficient (Wildman–Crippen LogP) is 6.68. The fourth-order valence-electron chi connectivity index (χ4n) is 3.64. The number of aryl methyl sites for hydroxylation is 2. The third kappa shape index (κ3) is 5.06. The lowest BCUT2D eigenvalue weighted by atomic mass is 9.85. The predicted molar refractivity (Wildman–Crippen MR) is 136 cm³/mol. The van der Waals surface area contributed by atoms with Crippen LogP contribution >= 0.6 is 11.3 Å².